The van der Waals surface area contributed by atoms with Crippen LogP contribution in [-0.4, -0.2) is 20.9 Å². The van der Waals surface area contributed by atoms with E-state index in [-0.39, 0.29) is 11.3 Å². The zero-order valence-electron chi connectivity index (χ0n) is 16.7. The van der Waals surface area contributed by atoms with Crippen LogP contribution in [0.3, 0.4) is 0 Å². The van der Waals surface area contributed by atoms with Crippen LogP contribution in [0, 0.1) is 18.3 Å². The van der Waals surface area contributed by atoms with E-state index >= 15 is 0 Å². The molecule has 31 heavy (non-hydrogen) atoms. The number of aryl methyl sites for hydroxylation is 1. The van der Waals surface area contributed by atoms with Crippen molar-refractivity contribution in [2.24, 2.45) is 0 Å². The lowest BCUT2D eigenvalue weighted by Crippen LogP contribution is -2.38. The number of nitrogens with zero attached hydrogens (tertiary/aromatic N) is 2. The van der Waals surface area contributed by atoms with Crippen molar-refractivity contribution in [2.75, 3.05) is 16.2 Å². The molecule has 158 valence electrons. The van der Waals surface area contributed by atoms with Crippen molar-refractivity contribution in [1.82, 2.24) is 0 Å². The van der Waals surface area contributed by atoms with Crippen LogP contribution in [0.15, 0.2) is 77.7 Å². The number of sulfonamides is 1. The number of rotatable bonds is 7. The Hall–Kier alpha value is -3.34. The fraction of sp³-hybridized carbons (Fsp3) is 0.130. The molecule has 0 saturated carbocycles. The van der Waals surface area contributed by atoms with Crippen molar-refractivity contribution in [1.29, 1.82) is 5.26 Å². The van der Waals surface area contributed by atoms with Gasteiger partial charge in [0.25, 0.3) is 10.0 Å². The summed E-state index contributed by atoms with van der Waals surface area (Å²) in [6.45, 7) is 1.32. The molecule has 0 saturated heterocycles. The molecule has 3 aromatic rings. The van der Waals surface area contributed by atoms with Crippen LogP contribution in [0.5, 0.6) is 0 Å². The lowest BCUT2D eigenvalue weighted by Gasteiger charge is -2.26. The van der Waals surface area contributed by atoms with Gasteiger partial charge in [0.2, 0.25) is 5.91 Å². The van der Waals surface area contributed by atoms with Crippen LogP contribution in [0.4, 0.5) is 11.4 Å². The summed E-state index contributed by atoms with van der Waals surface area (Å²) in [5.41, 5.74) is 2.32. The normalized spacial score (nSPS) is 10.9. The molecule has 3 rings (SSSR count). The second-order valence-corrected chi connectivity index (χ2v) is 9.13. The van der Waals surface area contributed by atoms with Gasteiger partial charge >= 0.3 is 0 Å². The number of nitriles is 1. The molecule has 0 bridgehead atoms. The van der Waals surface area contributed by atoms with Crippen LogP contribution in [0.25, 0.3) is 0 Å². The molecule has 6 nitrogen and oxygen atoms in total. The van der Waals surface area contributed by atoms with E-state index in [0.29, 0.717) is 22.0 Å². The molecule has 0 spiro atoms. The molecule has 0 aromatic heterocycles. The number of hydrogen-bond donors (Lipinski definition) is 1. The van der Waals surface area contributed by atoms with Crippen molar-refractivity contribution in [3.63, 3.8) is 0 Å². The summed E-state index contributed by atoms with van der Waals surface area (Å²) in [7, 11) is -4.02. The summed E-state index contributed by atoms with van der Waals surface area (Å²) in [4.78, 5) is 12.9. The van der Waals surface area contributed by atoms with E-state index in [0.717, 1.165) is 9.87 Å². The fourth-order valence-electron chi connectivity index (χ4n) is 3.00. The third kappa shape index (κ3) is 5.43. The van der Waals surface area contributed by atoms with Gasteiger partial charge in [-0.15, -0.1) is 0 Å². The van der Waals surface area contributed by atoms with Gasteiger partial charge in [-0.2, -0.15) is 5.26 Å². The number of halogens is 1. The summed E-state index contributed by atoms with van der Waals surface area (Å²) in [5.74, 6) is -0.507. The number of carbonyl (C=O) groups is 1. The Balaban J connectivity index is 1.92. The topological polar surface area (TPSA) is 90.3 Å². The van der Waals surface area contributed by atoms with E-state index in [1.807, 2.05) is 0 Å². The molecule has 0 radical (unpaired) electrons. The summed E-state index contributed by atoms with van der Waals surface area (Å²) >= 11 is 6.12. The van der Waals surface area contributed by atoms with E-state index in [1.54, 1.807) is 61.5 Å². The summed E-state index contributed by atoms with van der Waals surface area (Å²) < 4.78 is 27.8. The number of nitrogens with one attached hydrogen (secondary N) is 1. The molecular weight excluding hydrogens is 434 g/mol. The molecule has 0 heterocycles. The first-order valence-electron chi connectivity index (χ1n) is 9.41. The Morgan fingerprint density at radius 3 is 2.39 bits per heavy atom. The molecule has 0 unspecified atom stereocenters. The largest absolute Gasteiger partial charge is 0.325 e. The highest BCUT2D eigenvalue weighted by Crippen LogP contribution is 2.29. The number of anilines is 2. The third-order valence-electron chi connectivity index (χ3n) is 4.58. The van der Waals surface area contributed by atoms with Crippen molar-refractivity contribution in [2.45, 2.75) is 18.2 Å². The summed E-state index contributed by atoms with van der Waals surface area (Å²) in [6.07, 6.45) is 0.269. The van der Waals surface area contributed by atoms with Gasteiger partial charge in [-0.25, -0.2) is 8.42 Å². The van der Waals surface area contributed by atoms with Gasteiger partial charge in [-0.05, 0) is 54.4 Å². The van der Waals surface area contributed by atoms with Crippen LogP contribution in [0.2, 0.25) is 5.02 Å². The standard InChI is InChI=1S/C23H20ClN3O3S/c1-17-7-10-19(24)15-22(17)27(31(29,30)21-5-3-2-4-6-21)16-23(28)26-20-11-8-18(9-12-20)13-14-25/h2-12,15H,13,16H2,1H3,(H,26,28). The van der Waals surface area contributed by atoms with Crippen molar-refractivity contribution in [3.8, 4) is 6.07 Å². The maximum Gasteiger partial charge on any atom is 0.264 e. The van der Waals surface area contributed by atoms with E-state index in [9.17, 15) is 13.2 Å². The second-order valence-electron chi connectivity index (χ2n) is 6.84. The van der Waals surface area contributed by atoms with Crippen LogP contribution >= 0.6 is 11.6 Å². The Kier molecular flexibility index (Phi) is 6.95. The van der Waals surface area contributed by atoms with Gasteiger partial charge in [-0.1, -0.05) is 48.0 Å². The molecule has 1 N–H and O–H groups in total. The Labute approximate surface area is 186 Å². The van der Waals surface area contributed by atoms with Crippen molar-refractivity contribution >= 4 is 38.9 Å². The molecule has 3 aromatic carbocycles. The minimum atomic E-state index is -4.02. The highest BCUT2D eigenvalue weighted by molar-refractivity contribution is 7.92. The van der Waals surface area contributed by atoms with E-state index < -0.39 is 22.5 Å². The smallest absolute Gasteiger partial charge is 0.264 e. The van der Waals surface area contributed by atoms with Gasteiger partial charge in [0, 0.05) is 10.7 Å². The van der Waals surface area contributed by atoms with Gasteiger partial charge in [0.05, 0.1) is 23.1 Å². The second kappa shape index (κ2) is 9.65. The Bertz CT molecular complexity index is 1220. The van der Waals surface area contributed by atoms with Gasteiger partial charge < -0.3 is 5.32 Å². The molecule has 0 fully saturated rings. The predicted octanol–water partition coefficient (Wildman–Crippen LogP) is 4.55. The molecule has 0 atom stereocenters. The lowest BCUT2D eigenvalue weighted by molar-refractivity contribution is -0.114. The quantitative estimate of drug-likeness (QED) is 0.568. The SMILES string of the molecule is Cc1ccc(Cl)cc1N(CC(=O)Nc1ccc(CC#N)cc1)S(=O)(=O)c1ccccc1. The fourth-order valence-corrected chi connectivity index (χ4v) is 4.66. The molecule has 8 heteroatoms. The first kappa shape index (κ1) is 22.3. The third-order valence-corrected chi connectivity index (χ3v) is 6.59. The number of amides is 1. The predicted molar refractivity (Wildman–Crippen MR) is 122 cm³/mol. The highest BCUT2D eigenvalue weighted by Gasteiger charge is 2.28. The first-order chi connectivity index (χ1) is 14.8. The minimum Gasteiger partial charge on any atom is -0.325 e. The Morgan fingerprint density at radius 1 is 1.06 bits per heavy atom. The summed E-state index contributed by atoms with van der Waals surface area (Å²) in [5, 5.41) is 11.8. The zero-order valence-corrected chi connectivity index (χ0v) is 18.3. The molecule has 1 amide bonds. The van der Waals surface area contributed by atoms with Gasteiger partial charge in [0.1, 0.15) is 6.54 Å². The Morgan fingerprint density at radius 2 is 1.74 bits per heavy atom. The lowest BCUT2D eigenvalue weighted by atomic mass is 10.1. The molecule has 0 aliphatic carbocycles. The zero-order chi connectivity index (χ0) is 22.4. The summed E-state index contributed by atoms with van der Waals surface area (Å²) in [6, 6.07) is 21.7. The number of benzene rings is 3. The average Bonchev–Trinajstić information content (AvgIpc) is 2.76. The van der Waals surface area contributed by atoms with Crippen LogP contribution < -0.4 is 9.62 Å². The number of carbonyl (C=O) groups excluding carboxylic acids is 1. The monoisotopic (exact) mass is 453 g/mol. The number of hydrogen-bond acceptors (Lipinski definition) is 4. The van der Waals surface area contributed by atoms with E-state index in [1.165, 1.54) is 18.2 Å². The highest BCUT2D eigenvalue weighted by atomic mass is 35.5. The van der Waals surface area contributed by atoms with E-state index in [2.05, 4.69) is 11.4 Å². The van der Waals surface area contributed by atoms with Crippen LogP contribution in [-0.2, 0) is 21.2 Å². The van der Waals surface area contributed by atoms with Crippen molar-refractivity contribution < 1.29 is 13.2 Å². The molecule has 0 aliphatic heterocycles. The average molecular weight is 454 g/mol. The van der Waals surface area contributed by atoms with Gasteiger partial charge in [0.15, 0.2) is 0 Å². The van der Waals surface area contributed by atoms with Gasteiger partial charge in [-0.3, -0.25) is 9.10 Å². The van der Waals surface area contributed by atoms with Crippen LogP contribution in [0.1, 0.15) is 11.1 Å². The van der Waals surface area contributed by atoms with Crippen molar-refractivity contribution in [3.05, 3.63) is 88.9 Å². The first-order valence-corrected chi connectivity index (χ1v) is 11.2. The molecule has 0 aliphatic rings. The molecular formula is C23H20ClN3O3S. The van der Waals surface area contributed by atoms with E-state index in [4.69, 9.17) is 16.9 Å². The minimum absolute atomic E-state index is 0.0723. The maximum absolute atomic E-state index is 13.4. The maximum atomic E-state index is 13.4.